The average Bonchev–Trinajstić information content (AvgIpc) is 2.57. The lowest BCUT2D eigenvalue weighted by Gasteiger charge is -2.53. The first kappa shape index (κ1) is 19.3. The third-order valence-corrected chi connectivity index (χ3v) is 5.44. The Bertz CT molecular complexity index is 634. The summed E-state index contributed by atoms with van der Waals surface area (Å²) < 4.78 is 12.0. The van der Waals surface area contributed by atoms with Crippen molar-refractivity contribution >= 4 is 5.97 Å². The Labute approximate surface area is 155 Å². The number of carboxylic acids is 1. The number of hydrogen-bond donors (Lipinski definition) is 1. The van der Waals surface area contributed by atoms with Gasteiger partial charge in [0.25, 0.3) is 0 Å². The van der Waals surface area contributed by atoms with Crippen LogP contribution in [0.2, 0.25) is 0 Å². The summed E-state index contributed by atoms with van der Waals surface area (Å²) in [5, 5.41) is 11.3. The minimum absolute atomic E-state index is 0.0481. The molecule has 0 amide bonds. The van der Waals surface area contributed by atoms with Gasteiger partial charge in [-0.3, -0.25) is 9.63 Å². The molecule has 2 heterocycles. The predicted octanol–water partition coefficient (Wildman–Crippen LogP) is 3.39. The summed E-state index contributed by atoms with van der Waals surface area (Å²) in [6, 6.07) is 10.1. The summed E-state index contributed by atoms with van der Waals surface area (Å²) in [7, 11) is 0. The van der Waals surface area contributed by atoms with Crippen molar-refractivity contribution in [1.82, 2.24) is 5.06 Å². The van der Waals surface area contributed by atoms with Crippen molar-refractivity contribution in [3.05, 3.63) is 35.9 Å². The number of ether oxygens (including phenoxy) is 2. The van der Waals surface area contributed by atoms with Crippen LogP contribution < -0.4 is 0 Å². The highest BCUT2D eigenvalue weighted by Gasteiger charge is 2.51. The molecule has 26 heavy (non-hydrogen) atoms. The van der Waals surface area contributed by atoms with Crippen molar-refractivity contribution in [2.75, 3.05) is 13.2 Å². The molecule has 4 atom stereocenters. The van der Waals surface area contributed by atoms with Gasteiger partial charge in [0.1, 0.15) is 12.0 Å². The molecule has 0 bridgehead atoms. The summed E-state index contributed by atoms with van der Waals surface area (Å²) in [6.45, 7) is 8.92. The van der Waals surface area contributed by atoms with Gasteiger partial charge in [0.2, 0.25) is 0 Å². The van der Waals surface area contributed by atoms with Crippen LogP contribution >= 0.6 is 0 Å². The molecule has 3 rings (SSSR count). The maximum Gasteiger partial charge on any atom is 0.311 e. The molecule has 1 aromatic rings. The van der Waals surface area contributed by atoms with Gasteiger partial charge in [0, 0.05) is 24.9 Å². The predicted molar refractivity (Wildman–Crippen MR) is 96.3 cm³/mol. The van der Waals surface area contributed by atoms with Crippen LogP contribution in [0, 0.1) is 5.92 Å². The van der Waals surface area contributed by atoms with Gasteiger partial charge < -0.3 is 14.6 Å². The third-order valence-electron chi connectivity index (χ3n) is 5.44. The maximum absolute atomic E-state index is 11.3. The highest BCUT2D eigenvalue weighted by molar-refractivity contribution is 5.70. The van der Waals surface area contributed by atoms with Crippen molar-refractivity contribution in [2.45, 2.75) is 64.1 Å². The van der Waals surface area contributed by atoms with Crippen LogP contribution in [-0.2, 0) is 19.1 Å². The summed E-state index contributed by atoms with van der Waals surface area (Å²) in [5.74, 6) is -2.22. The van der Waals surface area contributed by atoms with E-state index in [2.05, 4.69) is 26.0 Å². The SMILES string of the molecule is CC(ON1CCC2(CC1(C)C)OCC(C(=O)O)C(C)O2)c1ccccc1. The fourth-order valence-corrected chi connectivity index (χ4v) is 3.91. The van der Waals surface area contributed by atoms with Gasteiger partial charge in [-0.05, 0) is 33.3 Å². The number of carbonyl (C=O) groups is 1. The van der Waals surface area contributed by atoms with E-state index in [0.717, 1.165) is 5.56 Å². The largest absolute Gasteiger partial charge is 0.481 e. The van der Waals surface area contributed by atoms with Crippen LogP contribution in [0.5, 0.6) is 0 Å². The zero-order valence-corrected chi connectivity index (χ0v) is 16.0. The molecule has 144 valence electrons. The Balaban J connectivity index is 1.65. The molecule has 6 heteroatoms. The van der Waals surface area contributed by atoms with Crippen LogP contribution in [0.15, 0.2) is 30.3 Å². The summed E-state index contributed by atoms with van der Waals surface area (Å²) >= 11 is 0. The number of benzene rings is 1. The smallest absolute Gasteiger partial charge is 0.311 e. The number of carboxylic acid groups (broad SMARTS) is 1. The Morgan fingerprint density at radius 1 is 1.35 bits per heavy atom. The Morgan fingerprint density at radius 2 is 2.04 bits per heavy atom. The van der Waals surface area contributed by atoms with Gasteiger partial charge in [-0.2, -0.15) is 5.06 Å². The number of hydrogen-bond acceptors (Lipinski definition) is 5. The average molecular weight is 363 g/mol. The molecular formula is C20H29NO5. The molecule has 2 aliphatic heterocycles. The van der Waals surface area contributed by atoms with Gasteiger partial charge in [0.15, 0.2) is 5.79 Å². The Kier molecular flexibility index (Phi) is 5.40. The van der Waals surface area contributed by atoms with E-state index in [9.17, 15) is 9.90 Å². The van der Waals surface area contributed by atoms with E-state index in [1.165, 1.54) is 0 Å². The van der Waals surface area contributed by atoms with Crippen molar-refractivity contribution in [3.8, 4) is 0 Å². The molecule has 0 saturated carbocycles. The lowest BCUT2D eigenvalue weighted by molar-refractivity contribution is -0.362. The summed E-state index contributed by atoms with van der Waals surface area (Å²) in [6.07, 6.45) is 0.855. The summed E-state index contributed by atoms with van der Waals surface area (Å²) in [5.41, 5.74) is 0.837. The van der Waals surface area contributed by atoms with Crippen molar-refractivity contribution in [3.63, 3.8) is 0 Å². The van der Waals surface area contributed by atoms with E-state index >= 15 is 0 Å². The minimum atomic E-state index is -0.871. The van der Waals surface area contributed by atoms with Gasteiger partial charge in [0.05, 0.1) is 12.7 Å². The van der Waals surface area contributed by atoms with E-state index in [4.69, 9.17) is 14.3 Å². The van der Waals surface area contributed by atoms with Crippen LogP contribution in [0.4, 0.5) is 0 Å². The molecule has 4 unspecified atom stereocenters. The van der Waals surface area contributed by atoms with Crippen LogP contribution in [0.1, 0.15) is 52.2 Å². The van der Waals surface area contributed by atoms with Gasteiger partial charge in [-0.25, -0.2) is 0 Å². The third kappa shape index (κ3) is 3.93. The lowest BCUT2D eigenvalue weighted by atomic mass is 9.86. The Hall–Kier alpha value is -1.47. The van der Waals surface area contributed by atoms with E-state index < -0.39 is 17.7 Å². The Morgan fingerprint density at radius 3 is 2.62 bits per heavy atom. The molecule has 1 spiro atoms. The number of hydroxylamine groups is 2. The van der Waals surface area contributed by atoms with E-state index in [1.807, 2.05) is 37.1 Å². The number of aliphatic carboxylic acids is 1. The molecule has 0 aliphatic carbocycles. The summed E-state index contributed by atoms with van der Waals surface area (Å²) in [4.78, 5) is 17.5. The molecular weight excluding hydrogens is 334 g/mol. The van der Waals surface area contributed by atoms with Gasteiger partial charge in [-0.1, -0.05) is 30.3 Å². The molecule has 2 fully saturated rings. The van der Waals surface area contributed by atoms with Crippen LogP contribution in [0.3, 0.4) is 0 Å². The topological polar surface area (TPSA) is 68.2 Å². The van der Waals surface area contributed by atoms with Gasteiger partial charge >= 0.3 is 5.97 Å². The molecule has 2 saturated heterocycles. The number of rotatable bonds is 4. The second kappa shape index (κ2) is 7.27. The molecule has 6 nitrogen and oxygen atoms in total. The highest BCUT2D eigenvalue weighted by atomic mass is 16.7. The maximum atomic E-state index is 11.3. The first-order valence-corrected chi connectivity index (χ1v) is 9.26. The first-order valence-electron chi connectivity index (χ1n) is 9.26. The molecule has 0 radical (unpaired) electrons. The fraction of sp³-hybridized carbons (Fsp3) is 0.650. The number of piperidine rings is 1. The quantitative estimate of drug-likeness (QED) is 0.884. The van der Waals surface area contributed by atoms with E-state index in [-0.39, 0.29) is 24.4 Å². The zero-order valence-electron chi connectivity index (χ0n) is 16.0. The van der Waals surface area contributed by atoms with Crippen molar-refractivity contribution in [2.24, 2.45) is 5.92 Å². The number of nitrogens with zero attached hydrogens (tertiary/aromatic N) is 1. The normalized spacial score (nSPS) is 33.1. The van der Waals surface area contributed by atoms with Crippen molar-refractivity contribution < 1.29 is 24.2 Å². The molecule has 1 aromatic carbocycles. The van der Waals surface area contributed by atoms with Crippen LogP contribution in [0.25, 0.3) is 0 Å². The minimum Gasteiger partial charge on any atom is -0.481 e. The monoisotopic (exact) mass is 363 g/mol. The second-order valence-corrected chi connectivity index (χ2v) is 7.99. The first-order chi connectivity index (χ1) is 12.2. The van der Waals surface area contributed by atoms with Gasteiger partial charge in [-0.15, -0.1) is 0 Å². The highest BCUT2D eigenvalue weighted by Crippen LogP contribution is 2.42. The molecule has 0 aromatic heterocycles. The zero-order chi connectivity index (χ0) is 18.9. The lowest BCUT2D eigenvalue weighted by Crippen LogP contribution is -2.61. The fourth-order valence-electron chi connectivity index (χ4n) is 3.91. The standard InChI is InChI=1S/C20H29NO5/c1-14(16-8-6-5-7-9-16)26-21-11-10-20(13-19(21,3)4)24-12-17(18(22)23)15(2)25-20/h5-9,14-15,17H,10-13H2,1-4H3,(H,22,23). The molecule has 1 N–H and O–H groups in total. The molecule has 2 aliphatic rings. The van der Waals surface area contributed by atoms with E-state index in [0.29, 0.717) is 19.4 Å². The second-order valence-electron chi connectivity index (χ2n) is 7.99. The van der Waals surface area contributed by atoms with Crippen LogP contribution in [-0.4, -0.2) is 46.7 Å². The van der Waals surface area contributed by atoms with E-state index in [1.54, 1.807) is 0 Å². The van der Waals surface area contributed by atoms with Crippen molar-refractivity contribution in [1.29, 1.82) is 0 Å².